The summed E-state index contributed by atoms with van der Waals surface area (Å²) in [6, 6.07) is 0. The Morgan fingerprint density at radius 1 is 1.67 bits per heavy atom. The summed E-state index contributed by atoms with van der Waals surface area (Å²) in [5, 5.41) is 4.11. The molecule has 1 amide bonds. The first-order valence-electron chi connectivity index (χ1n) is 6.56. The quantitative estimate of drug-likeness (QED) is 0.828. The van der Waals surface area contributed by atoms with Gasteiger partial charge in [0, 0.05) is 6.54 Å². The zero-order chi connectivity index (χ0) is 13.2. The van der Waals surface area contributed by atoms with E-state index in [-0.39, 0.29) is 11.4 Å². The fourth-order valence-corrected chi connectivity index (χ4v) is 3.02. The van der Waals surface area contributed by atoms with Crippen LogP contribution in [0, 0.1) is 5.92 Å². The van der Waals surface area contributed by atoms with E-state index in [1.54, 1.807) is 6.20 Å². The number of nitrogens with two attached hydrogens (primary N) is 1. The number of aromatic nitrogens is 1. The Kier molecular flexibility index (Phi) is 4.02. The van der Waals surface area contributed by atoms with E-state index in [2.05, 4.69) is 17.2 Å². The van der Waals surface area contributed by atoms with E-state index in [1.807, 2.05) is 6.92 Å². The number of amides is 1. The van der Waals surface area contributed by atoms with Gasteiger partial charge in [-0.3, -0.25) is 4.79 Å². The van der Waals surface area contributed by atoms with E-state index in [4.69, 9.17) is 5.73 Å². The van der Waals surface area contributed by atoms with Crippen LogP contribution in [0.25, 0.3) is 0 Å². The summed E-state index contributed by atoms with van der Waals surface area (Å²) < 4.78 is 0. The van der Waals surface area contributed by atoms with Gasteiger partial charge >= 0.3 is 0 Å². The van der Waals surface area contributed by atoms with Crippen molar-refractivity contribution in [2.24, 2.45) is 11.7 Å². The van der Waals surface area contributed by atoms with Crippen molar-refractivity contribution >= 4 is 17.2 Å². The van der Waals surface area contributed by atoms with E-state index in [0.29, 0.717) is 17.3 Å². The normalized spacial score (nSPS) is 18.4. The minimum atomic E-state index is -0.258. The highest BCUT2D eigenvalue weighted by Crippen LogP contribution is 2.39. The molecule has 1 aromatic rings. The van der Waals surface area contributed by atoms with Gasteiger partial charge in [-0.1, -0.05) is 6.92 Å². The van der Waals surface area contributed by atoms with Crippen LogP contribution in [0.4, 0.5) is 0 Å². The number of hydrogen-bond acceptors (Lipinski definition) is 4. The first kappa shape index (κ1) is 13.5. The van der Waals surface area contributed by atoms with Crippen LogP contribution < -0.4 is 11.1 Å². The Hall–Kier alpha value is -0.940. The van der Waals surface area contributed by atoms with Gasteiger partial charge in [0.25, 0.3) is 5.91 Å². The van der Waals surface area contributed by atoms with E-state index in [1.165, 1.54) is 11.3 Å². The van der Waals surface area contributed by atoms with Crippen molar-refractivity contribution in [3.05, 3.63) is 16.1 Å². The lowest BCUT2D eigenvalue weighted by Gasteiger charge is -2.29. The lowest BCUT2D eigenvalue weighted by atomic mass is 9.96. The zero-order valence-corrected chi connectivity index (χ0v) is 11.8. The van der Waals surface area contributed by atoms with Gasteiger partial charge in [-0.25, -0.2) is 4.98 Å². The van der Waals surface area contributed by atoms with Gasteiger partial charge in [-0.2, -0.15) is 0 Å². The van der Waals surface area contributed by atoms with Crippen molar-refractivity contribution in [2.45, 2.75) is 45.1 Å². The second kappa shape index (κ2) is 5.36. The topological polar surface area (TPSA) is 68.0 Å². The van der Waals surface area contributed by atoms with E-state index in [0.717, 1.165) is 30.7 Å². The first-order valence-corrected chi connectivity index (χ1v) is 7.38. The van der Waals surface area contributed by atoms with Gasteiger partial charge in [-0.15, -0.1) is 11.3 Å². The number of carbonyl (C=O) groups excluding carboxylic acids is 1. The molecule has 0 aromatic carbocycles. The molecule has 0 bridgehead atoms. The molecule has 1 aromatic heterocycles. The van der Waals surface area contributed by atoms with Crippen LogP contribution in [-0.4, -0.2) is 23.0 Å². The maximum atomic E-state index is 12.2. The molecule has 0 spiro atoms. The molecule has 1 fully saturated rings. The predicted octanol–water partition coefficient (Wildman–Crippen LogP) is 1.95. The molecule has 1 atom stereocenters. The van der Waals surface area contributed by atoms with Crippen LogP contribution >= 0.6 is 11.3 Å². The van der Waals surface area contributed by atoms with Crippen LogP contribution in [0.2, 0.25) is 0 Å². The highest BCUT2D eigenvalue weighted by atomic mass is 32.1. The maximum Gasteiger partial charge on any atom is 0.263 e. The largest absolute Gasteiger partial charge is 0.345 e. The molecule has 4 nitrogen and oxygen atoms in total. The van der Waals surface area contributed by atoms with Gasteiger partial charge in [0.2, 0.25) is 0 Å². The molecule has 1 saturated carbocycles. The highest BCUT2D eigenvalue weighted by molar-refractivity contribution is 7.13. The third kappa shape index (κ3) is 2.90. The van der Waals surface area contributed by atoms with Crippen LogP contribution in [0.5, 0.6) is 0 Å². The summed E-state index contributed by atoms with van der Waals surface area (Å²) in [5.74, 6) is 0.504. The minimum absolute atomic E-state index is 0.0327. The molecule has 1 heterocycles. The number of carbonyl (C=O) groups is 1. The lowest BCUT2D eigenvalue weighted by Crippen LogP contribution is -2.53. The fourth-order valence-electron chi connectivity index (χ4n) is 2.11. The van der Waals surface area contributed by atoms with Crippen molar-refractivity contribution in [2.75, 3.05) is 6.54 Å². The van der Waals surface area contributed by atoms with Gasteiger partial charge in [0.15, 0.2) is 0 Å². The second-order valence-electron chi connectivity index (χ2n) is 5.22. The second-order valence-corrected chi connectivity index (χ2v) is 6.33. The van der Waals surface area contributed by atoms with Gasteiger partial charge < -0.3 is 11.1 Å². The summed E-state index contributed by atoms with van der Waals surface area (Å²) in [7, 11) is 0. The number of nitrogens with one attached hydrogen (secondary N) is 1. The number of hydrogen-bond donors (Lipinski definition) is 2. The van der Waals surface area contributed by atoms with Gasteiger partial charge in [0.1, 0.15) is 4.88 Å². The predicted molar refractivity (Wildman–Crippen MR) is 73.8 cm³/mol. The summed E-state index contributed by atoms with van der Waals surface area (Å²) in [6.45, 7) is 4.64. The van der Waals surface area contributed by atoms with Gasteiger partial charge in [-0.05, 0) is 38.5 Å². The van der Waals surface area contributed by atoms with Crippen molar-refractivity contribution in [1.29, 1.82) is 0 Å². The van der Waals surface area contributed by atoms with Gasteiger partial charge in [0.05, 0.1) is 16.7 Å². The molecule has 18 heavy (non-hydrogen) atoms. The molecule has 5 heteroatoms. The maximum absolute atomic E-state index is 12.2. The average molecular weight is 267 g/mol. The highest BCUT2D eigenvalue weighted by Gasteiger charge is 2.41. The Morgan fingerprint density at radius 2 is 2.39 bits per heavy atom. The molecular weight excluding hydrogens is 246 g/mol. The first-order chi connectivity index (χ1) is 8.59. The SMILES string of the molecule is CCCc1ncc(C(=O)NC(C)(CN)C2CC2)s1. The third-order valence-corrected chi connectivity index (χ3v) is 4.60. The number of rotatable bonds is 6. The number of thiazole rings is 1. The summed E-state index contributed by atoms with van der Waals surface area (Å²) in [4.78, 5) is 17.1. The Labute approximate surface area is 112 Å². The summed E-state index contributed by atoms with van der Waals surface area (Å²) in [5.41, 5.74) is 5.54. The minimum Gasteiger partial charge on any atom is -0.345 e. The Morgan fingerprint density at radius 3 is 2.94 bits per heavy atom. The fraction of sp³-hybridized carbons (Fsp3) is 0.692. The smallest absolute Gasteiger partial charge is 0.263 e. The van der Waals surface area contributed by atoms with Crippen LogP contribution in [0.15, 0.2) is 6.20 Å². The number of aryl methyl sites for hydroxylation is 1. The molecule has 100 valence electrons. The van der Waals surface area contributed by atoms with Crippen LogP contribution in [-0.2, 0) is 6.42 Å². The Bertz CT molecular complexity index is 428. The van der Waals surface area contributed by atoms with Crippen molar-refractivity contribution in [1.82, 2.24) is 10.3 Å². The molecule has 1 aliphatic carbocycles. The zero-order valence-electron chi connectivity index (χ0n) is 11.0. The van der Waals surface area contributed by atoms with E-state index >= 15 is 0 Å². The average Bonchev–Trinajstić information content (AvgIpc) is 3.11. The monoisotopic (exact) mass is 267 g/mol. The molecule has 0 saturated heterocycles. The van der Waals surface area contributed by atoms with Crippen molar-refractivity contribution in [3.8, 4) is 0 Å². The van der Waals surface area contributed by atoms with Crippen molar-refractivity contribution < 1.29 is 4.79 Å². The van der Waals surface area contributed by atoms with Crippen molar-refractivity contribution in [3.63, 3.8) is 0 Å². The standard InChI is InChI=1S/C13H21N3OS/c1-3-4-11-15-7-10(18-11)12(17)16-13(2,8-14)9-5-6-9/h7,9H,3-6,8,14H2,1-2H3,(H,16,17). The Balaban J connectivity index is 2.01. The molecule has 1 unspecified atom stereocenters. The lowest BCUT2D eigenvalue weighted by molar-refractivity contribution is 0.0902. The van der Waals surface area contributed by atoms with E-state index in [9.17, 15) is 4.79 Å². The third-order valence-electron chi connectivity index (χ3n) is 3.54. The molecular formula is C13H21N3OS. The van der Waals surface area contributed by atoms with Crippen LogP contribution in [0.3, 0.4) is 0 Å². The molecule has 0 aliphatic heterocycles. The molecule has 3 N–H and O–H groups in total. The van der Waals surface area contributed by atoms with E-state index < -0.39 is 0 Å². The van der Waals surface area contributed by atoms with Crippen LogP contribution in [0.1, 0.15) is 47.8 Å². The molecule has 1 aliphatic rings. The molecule has 2 rings (SSSR count). The number of nitrogens with zero attached hydrogens (tertiary/aromatic N) is 1. The molecule has 0 radical (unpaired) electrons. The summed E-state index contributed by atoms with van der Waals surface area (Å²) in [6.07, 6.45) is 6.00. The summed E-state index contributed by atoms with van der Waals surface area (Å²) >= 11 is 1.48.